The maximum atomic E-state index is 12.7. The van der Waals surface area contributed by atoms with Crippen LogP contribution in [0.2, 0.25) is 0 Å². The van der Waals surface area contributed by atoms with Gasteiger partial charge in [-0.05, 0) is 24.6 Å². The van der Waals surface area contributed by atoms with Crippen molar-refractivity contribution in [2.75, 3.05) is 26.8 Å². The Morgan fingerprint density at radius 3 is 2.67 bits per heavy atom. The molecular formula is C13H19FN2O2. The minimum Gasteiger partial charge on any atom is -0.383 e. The highest BCUT2D eigenvalue weighted by atomic mass is 19.1. The van der Waals surface area contributed by atoms with Gasteiger partial charge in [0.1, 0.15) is 5.82 Å². The van der Waals surface area contributed by atoms with E-state index in [1.165, 1.54) is 12.1 Å². The number of halogens is 1. The predicted molar refractivity (Wildman–Crippen MR) is 67.7 cm³/mol. The molecule has 0 bridgehead atoms. The maximum Gasteiger partial charge on any atom is 0.234 e. The van der Waals surface area contributed by atoms with E-state index < -0.39 is 0 Å². The van der Waals surface area contributed by atoms with Gasteiger partial charge >= 0.3 is 0 Å². The summed E-state index contributed by atoms with van der Waals surface area (Å²) in [6.07, 6.45) is 0. The summed E-state index contributed by atoms with van der Waals surface area (Å²) in [6.45, 7) is 3.31. The lowest BCUT2D eigenvalue weighted by Gasteiger charge is -2.14. The van der Waals surface area contributed by atoms with E-state index in [9.17, 15) is 9.18 Å². The zero-order valence-electron chi connectivity index (χ0n) is 10.7. The third kappa shape index (κ3) is 5.25. The lowest BCUT2D eigenvalue weighted by atomic mass is 10.1. The molecule has 0 saturated carbocycles. The predicted octanol–water partition coefficient (Wildman–Crippen LogP) is 1.24. The quantitative estimate of drug-likeness (QED) is 0.720. The molecule has 1 aromatic rings. The normalized spacial score (nSPS) is 12.2. The largest absolute Gasteiger partial charge is 0.383 e. The molecule has 5 heteroatoms. The molecule has 0 spiro atoms. The highest BCUT2D eigenvalue weighted by Crippen LogP contribution is 2.12. The first-order chi connectivity index (χ1) is 8.63. The van der Waals surface area contributed by atoms with Gasteiger partial charge in [-0.15, -0.1) is 0 Å². The van der Waals surface area contributed by atoms with Crippen LogP contribution in [0.15, 0.2) is 24.3 Å². The third-order valence-electron chi connectivity index (χ3n) is 2.52. The van der Waals surface area contributed by atoms with E-state index in [4.69, 9.17) is 4.74 Å². The van der Waals surface area contributed by atoms with E-state index in [-0.39, 0.29) is 24.3 Å². The van der Waals surface area contributed by atoms with E-state index >= 15 is 0 Å². The second-order valence-corrected chi connectivity index (χ2v) is 4.01. The summed E-state index contributed by atoms with van der Waals surface area (Å²) in [7, 11) is 1.61. The first-order valence-corrected chi connectivity index (χ1v) is 5.88. The molecule has 100 valence electrons. The van der Waals surface area contributed by atoms with Crippen LogP contribution in [0.3, 0.4) is 0 Å². The Hall–Kier alpha value is -1.46. The van der Waals surface area contributed by atoms with Crippen LogP contribution in [0, 0.1) is 5.82 Å². The lowest BCUT2D eigenvalue weighted by molar-refractivity contribution is -0.120. The molecule has 1 aromatic carbocycles. The molecule has 0 aromatic heterocycles. The second-order valence-electron chi connectivity index (χ2n) is 4.01. The van der Waals surface area contributed by atoms with Crippen molar-refractivity contribution in [3.63, 3.8) is 0 Å². The number of carbonyl (C=O) groups is 1. The smallest absolute Gasteiger partial charge is 0.234 e. The molecule has 1 rings (SSSR count). The summed E-state index contributed by atoms with van der Waals surface area (Å²) in [5, 5.41) is 5.78. The number of benzene rings is 1. The van der Waals surface area contributed by atoms with Crippen molar-refractivity contribution in [2.24, 2.45) is 0 Å². The van der Waals surface area contributed by atoms with E-state index in [2.05, 4.69) is 10.6 Å². The third-order valence-corrected chi connectivity index (χ3v) is 2.52. The molecule has 0 saturated heterocycles. The first kappa shape index (κ1) is 14.6. The monoisotopic (exact) mass is 254 g/mol. The van der Waals surface area contributed by atoms with Crippen LogP contribution in [0.4, 0.5) is 4.39 Å². The Balaban J connectivity index is 2.33. The average Bonchev–Trinajstić information content (AvgIpc) is 2.35. The standard InChI is InChI=1S/C13H19FN2O2/c1-10(11-3-5-12(14)6-4-11)16-13(17)9-15-7-8-18-2/h3-6,10,15H,7-9H2,1-2H3,(H,16,17). The molecule has 1 unspecified atom stereocenters. The fourth-order valence-electron chi connectivity index (χ4n) is 1.50. The van der Waals surface area contributed by atoms with Gasteiger partial charge in [0, 0.05) is 13.7 Å². The summed E-state index contributed by atoms with van der Waals surface area (Å²) in [5.41, 5.74) is 0.877. The molecule has 0 heterocycles. The van der Waals surface area contributed by atoms with Gasteiger partial charge in [-0.3, -0.25) is 4.79 Å². The summed E-state index contributed by atoms with van der Waals surface area (Å²) in [6, 6.07) is 5.96. The van der Waals surface area contributed by atoms with Gasteiger partial charge in [0.05, 0.1) is 19.2 Å². The van der Waals surface area contributed by atoms with Gasteiger partial charge in [0.2, 0.25) is 5.91 Å². The van der Waals surface area contributed by atoms with Crippen LogP contribution >= 0.6 is 0 Å². The number of hydrogen-bond acceptors (Lipinski definition) is 3. The lowest BCUT2D eigenvalue weighted by Crippen LogP contribution is -2.36. The van der Waals surface area contributed by atoms with Crippen molar-refractivity contribution in [1.82, 2.24) is 10.6 Å². The highest BCUT2D eigenvalue weighted by Gasteiger charge is 2.08. The summed E-state index contributed by atoms with van der Waals surface area (Å²) in [5.74, 6) is -0.374. The zero-order chi connectivity index (χ0) is 13.4. The van der Waals surface area contributed by atoms with Crippen molar-refractivity contribution in [3.05, 3.63) is 35.6 Å². The Morgan fingerprint density at radius 1 is 1.39 bits per heavy atom. The molecule has 1 amide bonds. The van der Waals surface area contributed by atoms with Gasteiger partial charge in [-0.25, -0.2) is 4.39 Å². The molecular weight excluding hydrogens is 235 g/mol. The fraction of sp³-hybridized carbons (Fsp3) is 0.462. The topological polar surface area (TPSA) is 50.4 Å². The number of methoxy groups -OCH3 is 1. The minimum absolute atomic E-state index is 0.0945. The number of rotatable bonds is 7. The SMILES string of the molecule is COCCNCC(=O)NC(C)c1ccc(F)cc1. The summed E-state index contributed by atoms with van der Waals surface area (Å²) >= 11 is 0. The number of amides is 1. The average molecular weight is 254 g/mol. The van der Waals surface area contributed by atoms with Crippen molar-refractivity contribution in [3.8, 4) is 0 Å². The van der Waals surface area contributed by atoms with Gasteiger partial charge in [0.15, 0.2) is 0 Å². The van der Waals surface area contributed by atoms with Crippen LogP contribution in [0.1, 0.15) is 18.5 Å². The van der Waals surface area contributed by atoms with Gasteiger partial charge in [-0.2, -0.15) is 0 Å². The van der Waals surface area contributed by atoms with Crippen LogP contribution in [0.5, 0.6) is 0 Å². The Bertz CT molecular complexity index is 368. The molecule has 0 aliphatic heterocycles. The van der Waals surface area contributed by atoms with Crippen molar-refractivity contribution < 1.29 is 13.9 Å². The number of hydrogen-bond donors (Lipinski definition) is 2. The molecule has 0 aliphatic rings. The maximum absolute atomic E-state index is 12.7. The van der Waals surface area contributed by atoms with Gasteiger partial charge in [0.25, 0.3) is 0 Å². The van der Waals surface area contributed by atoms with E-state index in [0.717, 1.165) is 5.56 Å². The zero-order valence-corrected chi connectivity index (χ0v) is 10.7. The van der Waals surface area contributed by atoms with Crippen molar-refractivity contribution in [1.29, 1.82) is 0 Å². The van der Waals surface area contributed by atoms with Crippen molar-refractivity contribution in [2.45, 2.75) is 13.0 Å². The minimum atomic E-state index is -0.279. The molecule has 0 radical (unpaired) electrons. The molecule has 0 fully saturated rings. The van der Waals surface area contributed by atoms with E-state index in [1.807, 2.05) is 6.92 Å². The number of ether oxygens (including phenoxy) is 1. The van der Waals surface area contributed by atoms with E-state index in [1.54, 1.807) is 19.2 Å². The van der Waals surface area contributed by atoms with Crippen LogP contribution < -0.4 is 10.6 Å². The van der Waals surface area contributed by atoms with Crippen LogP contribution in [0.25, 0.3) is 0 Å². The second kappa shape index (κ2) is 7.79. The Labute approximate surface area is 107 Å². The molecule has 4 nitrogen and oxygen atoms in total. The molecule has 1 atom stereocenters. The fourth-order valence-corrected chi connectivity index (χ4v) is 1.50. The number of nitrogens with one attached hydrogen (secondary N) is 2. The molecule has 2 N–H and O–H groups in total. The van der Waals surface area contributed by atoms with Crippen molar-refractivity contribution >= 4 is 5.91 Å². The van der Waals surface area contributed by atoms with Gasteiger partial charge in [-0.1, -0.05) is 12.1 Å². The number of carbonyl (C=O) groups excluding carboxylic acids is 1. The Kier molecular flexibility index (Phi) is 6.32. The van der Waals surface area contributed by atoms with Crippen LogP contribution in [-0.4, -0.2) is 32.7 Å². The highest BCUT2D eigenvalue weighted by molar-refractivity contribution is 5.78. The van der Waals surface area contributed by atoms with Crippen LogP contribution in [-0.2, 0) is 9.53 Å². The molecule has 18 heavy (non-hydrogen) atoms. The summed E-state index contributed by atoms with van der Waals surface area (Å²) < 4.78 is 17.6. The molecule has 0 aliphatic carbocycles. The van der Waals surface area contributed by atoms with Gasteiger partial charge < -0.3 is 15.4 Å². The summed E-state index contributed by atoms with van der Waals surface area (Å²) in [4.78, 5) is 11.6. The van der Waals surface area contributed by atoms with E-state index in [0.29, 0.717) is 13.2 Å². The Morgan fingerprint density at radius 2 is 2.06 bits per heavy atom. The first-order valence-electron chi connectivity index (χ1n) is 5.88.